The summed E-state index contributed by atoms with van der Waals surface area (Å²) in [7, 11) is 3.42. The lowest BCUT2D eigenvalue weighted by molar-refractivity contribution is -0.0891. The number of ether oxygens (including phenoxy) is 2. The van der Waals surface area contributed by atoms with E-state index in [1.165, 1.54) is 36.9 Å². The molecule has 0 unspecified atom stereocenters. The SMILES string of the molecule is COC(OC)C1SC2=C(SC(=C3SC4=C(SCCS4)S3)S2)S1. The van der Waals surface area contributed by atoms with Crippen LogP contribution in [0.1, 0.15) is 0 Å². The van der Waals surface area contributed by atoms with E-state index < -0.39 is 0 Å². The molecule has 0 fully saturated rings. The minimum absolute atomic E-state index is 0.144. The number of hydrogen-bond acceptors (Lipinski definition) is 10. The predicted octanol–water partition coefficient (Wildman–Crippen LogP) is 6.23. The van der Waals surface area contributed by atoms with Gasteiger partial charge in [0.2, 0.25) is 0 Å². The Morgan fingerprint density at radius 1 is 0.727 bits per heavy atom. The third-order valence-electron chi connectivity index (χ3n) is 2.92. The Kier molecular flexibility index (Phi) is 6.05. The number of thioether (sulfide) groups is 8. The molecule has 0 aromatic heterocycles. The molecule has 0 aromatic rings. The molecule has 0 atom stereocenters. The van der Waals surface area contributed by atoms with Crippen LogP contribution in [0.4, 0.5) is 0 Å². The third kappa shape index (κ3) is 3.43. The fourth-order valence-corrected chi connectivity index (χ4v) is 15.2. The second-order valence-electron chi connectivity index (χ2n) is 4.27. The summed E-state index contributed by atoms with van der Waals surface area (Å²) in [5.41, 5.74) is 0. The monoisotopic (exact) mass is 444 g/mol. The van der Waals surface area contributed by atoms with Crippen molar-refractivity contribution in [1.29, 1.82) is 0 Å². The van der Waals surface area contributed by atoms with Crippen molar-refractivity contribution in [3.63, 3.8) is 0 Å². The fourth-order valence-electron chi connectivity index (χ4n) is 1.97. The van der Waals surface area contributed by atoms with Gasteiger partial charge in [-0.15, -0.1) is 23.5 Å². The minimum Gasteiger partial charge on any atom is -0.354 e. The lowest BCUT2D eigenvalue weighted by Crippen LogP contribution is -2.23. The number of methoxy groups -OCH3 is 2. The highest BCUT2D eigenvalue weighted by atomic mass is 32.3. The Labute approximate surface area is 164 Å². The number of rotatable bonds is 3. The largest absolute Gasteiger partial charge is 0.354 e. The molecule has 0 aliphatic carbocycles. The molecule has 4 aliphatic rings. The minimum atomic E-state index is -0.144. The third-order valence-corrected chi connectivity index (χ3v) is 15.2. The summed E-state index contributed by atoms with van der Waals surface area (Å²) in [6.07, 6.45) is -0.144. The van der Waals surface area contributed by atoms with Crippen LogP contribution in [0, 0.1) is 0 Å². The molecule has 22 heavy (non-hydrogen) atoms. The van der Waals surface area contributed by atoms with Gasteiger partial charge in [0, 0.05) is 25.7 Å². The van der Waals surface area contributed by atoms with Gasteiger partial charge in [-0.1, -0.05) is 70.6 Å². The molecule has 4 heterocycles. The molecule has 0 aromatic carbocycles. The van der Waals surface area contributed by atoms with Crippen molar-refractivity contribution in [1.82, 2.24) is 0 Å². The van der Waals surface area contributed by atoms with Gasteiger partial charge in [-0.3, -0.25) is 0 Å². The second kappa shape index (κ2) is 7.67. The van der Waals surface area contributed by atoms with Crippen molar-refractivity contribution in [2.24, 2.45) is 0 Å². The molecule has 0 saturated heterocycles. The van der Waals surface area contributed by atoms with E-state index in [1.54, 1.807) is 14.2 Å². The Hall–Kier alpha value is 1.94. The molecular weight excluding hydrogens is 433 g/mol. The summed E-state index contributed by atoms with van der Waals surface area (Å²) >= 11 is 15.6. The first-order valence-corrected chi connectivity index (χ1v) is 13.4. The smallest absolute Gasteiger partial charge is 0.178 e. The predicted molar refractivity (Wildman–Crippen MR) is 113 cm³/mol. The molecule has 0 N–H and O–H groups in total. The Morgan fingerprint density at radius 3 is 1.64 bits per heavy atom. The lowest BCUT2D eigenvalue weighted by atomic mass is 10.7. The molecule has 10 heteroatoms. The van der Waals surface area contributed by atoms with Crippen LogP contribution >= 0.6 is 94.1 Å². The van der Waals surface area contributed by atoms with Gasteiger partial charge in [0.1, 0.15) is 4.58 Å². The zero-order valence-corrected chi connectivity index (χ0v) is 18.2. The van der Waals surface area contributed by atoms with Gasteiger partial charge >= 0.3 is 0 Å². The van der Waals surface area contributed by atoms with Crippen molar-refractivity contribution >= 4 is 94.1 Å². The van der Waals surface area contributed by atoms with Crippen molar-refractivity contribution in [3.05, 3.63) is 25.4 Å². The Morgan fingerprint density at radius 2 is 1.18 bits per heavy atom. The van der Waals surface area contributed by atoms with Gasteiger partial charge in [0.25, 0.3) is 0 Å². The van der Waals surface area contributed by atoms with E-state index >= 15 is 0 Å². The van der Waals surface area contributed by atoms with Crippen LogP contribution in [-0.2, 0) is 9.47 Å². The van der Waals surface area contributed by atoms with E-state index in [9.17, 15) is 0 Å². The molecule has 2 nitrogen and oxygen atoms in total. The van der Waals surface area contributed by atoms with Crippen LogP contribution in [-0.4, -0.2) is 36.6 Å². The van der Waals surface area contributed by atoms with E-state index in [0.29, 0.717) is 4.58 Å². The van der Waals surface area contributed by atoms with E-state index in [4.69, 9.17) is 9.47 Å². The van der Waals surface area contributed by atoms with Crippen LogP contribution in [0.15, 0.2) is 25.4 Å². The van der Waals surface area contributed by atoms with Gasteiger partial charge in [0.05, 0.1) is 25.4 Å². The zero-order chi connectivity index (χ0) is 15.1. The normalized spacial score (nSPS) is 25.8. The van der Waals surface area contributed by atoms with Crippen LogP contribution in [0.3, 0.4) is 0 Å². The molecule has 0 amide bonds. The lowest BCUT2D eigenvalue weighted by Gasteiger charge is -2.20. The standard InChI is InChI=1S/C12H12O2S8/c1-13-5(14-2)6-17-9-10(18-6)22-12(21-9)11-19-7-8(20-11)16-4-3-15-7/h5-6H,3-4H2,1-2H3. The summed E-state index contributed by atoms with van der Waals surface area (Å²) in [5.74, 6) is 2.50. The Balaban J connectivity index is 1.41. The van der Waals surface area contributed by atoms with Gasteiger partial charge in [-0.25, -0.2) is 0 Å². The average molecular weight is 445 g/mol. The van der Waals surface area contributed by atoms with Crippen LogP contribution in [0.5, 0.6) is 0 Å². The maximum absolute atomic E-state index is 5.40. The van der Waals surface area contributed by atoms with Crippen LogP contribution in [0.2, 0.25) is 0 Å². The Bertz CT molecular complexity index is 540. The van der Waals surface area contributed by atoms with Crippen molar-refractivity contribution < 1.29 is 9.47 Å². The van der Waals surface area contributed by atoms with Gasteiger partial charge in [-0.2, -0.15) is 0 Å². The summed E-state index contributed by atoms with van der Waals surface area (Å²) in [5, 5.41) is 0. The molecule has 4 rings (SSSR count). The summed E-state index contributed by atoms with van der Waals surface area (Å²) in [4.78, 5) is 0. The van der Waals surface area contributed by atoms with Crippen LogP contribution in [0.25, 0.3) is 0 Å². The molecule has 0 saturated carbocycles. The van der Waals surface area contributed by atoms with Gasteiger partial charge < -0.3 is 9.47 Å². The van der Waals surface area contributed by atoms with Crippen molar-refractivity contribution in [3.8, 4) is 0 Å². The first-order valence-electron chi connectivity index (χ1n) is 6.37. The first kappa shape index (κ1) is 17.4. The van der Waals surface area contributed by atoms with Crippen LogP contribution < -0.4 is 0 Å². The van der Waals surface area contributed by atoms with E-state index in [-0.39, 0.29) is 6.29 Å². The molecule has 0 bridgehead atoms. The quantitative estimate of drug-likeness (QED) is 0.464. The summed E-state index contributed by atoms with van der Waals surface area (Å²) < 4.78 is 19.9. The molecular formula is C12H12O2S8. The second-order valence-corrected chi connectivity index (χ2v) is 14.7. The maximum atomic E-state index is 5.40. The summed E-state index contributed by atoms with van der Waals surface area (Å²) in [6, 6.07) is 0. The molecule has 4 aliphatic heterocycles. The molecule has 120 valence electrons. The van der Waals surface area contributed by atoms with E-state index in [0.717, 1.165) is 0 Å². The summed E-state index contributed by atoms with van der Waals surface area (Å²) in [6.45, 7) is 0. The van der Waals surface area contributed by atoms with E-state index in [1.807, 2.05) is 94.1 Å². The highest BCUT2D eigenvalue weighted by Gasteiger charge is 2.39. The van der Waals surface area contributed by atoms with E-state index in [2.05, 4.69) is 0 Å². The zero-order valence-electron chi connectivity index (χ0n) is 11.7. The van der Waals surface area contributed by atoms with Crippen molar-refractivity contribution in [2.75, 3.05) is 25.7 Å². The average Bonchev–Trinajstić information content (AvgIpc) is 3.19. The fraction of sp³-hybridized carbons (Fsp3) is 0.500. The topological polar surface area (TPSA) is 18.5 Å². The highest BCUT2D eigenvalue weighted by Crippen LogP contribution is 2.70. The molecule has 0 radical (unpaired) electrons. The molecule has 0 spiro atoms. The highest BCUT2D eigenvalue weighted by molar-refractivity contribution is 8.48. The number of hydrogen-bond donors (Lipinski definition) is 0. The van der Waals surface area contributed by atoms with Crippen molar-refractivity contribution in [2.45, 2.75) is 10.9 Å². The van der Waals surface area contributed by atoms with Gasteiger partial charge in [-0.05, 0) is 0 Å². The first-order chi connectivity index (χ1) is 10.8. The van der Waals surface area contributed by atoms with Gasteiger partial charge in [0.15, 0.2) is 6.29 Å². The maximum Gasteiger partial charge on any atom is 0.178 e.